The zero-order valence-corrected chi connectivity index (χ0v) is 9.34. The van der Waals surface area contributed by atoms with Gasteiger partial charge in [-0.25, -0.2) is 4.79 Å². The van der Waals surface area contributed by atoms with Crippen molar-refractivity contribution in [1.29, 1.82) is 0 Å². The number of benzene rings is 1. The molecule has 5 heteroatoms. The smallest absolute Gasteiger partial charge is 0.412 e. The summed E-state index contributed by atoms with van der Waals surface area (Å²) in [4.78, 5) is 11.4. The van der Waals surface area contributed by atoms with Crippen LogP contribution in [0.2, 0.25) is 0 Å². The van der Waals surface area contributed by atoms with E-state index in [2.05, 4.69) is 15.0 Å². The molecule has 1 heterocycles. The van der Waals surface area contributed by atoms with Gasteiger partial charge in [0.05, 0.1) is 0 Å². The van der Waals surface area contributed by atoms with Gasteiger partial charge < -0.3 is 9.26 Å². The molecule has 0 radical (unpaired) electrons. The fraction of sp³-hybridized carbons (Fsp3) is 0.167. The van der Waals surface area contributed by atoms with E-state index in [9.17, 15) is 4.79 Å². The highest BCUT2D eigenvalue weighted by Crippen LogP contribution is 2.12. The van der Waals surface area contributed by atoms with E-state index < -0.39 is 6.09 Å². The SMILES string of the molecule is Cc1nocc1NC(=O)OCc1ccccc1. The van der Waals surface area contributed by atoms with Crippen LogP contribution in [0.25, 0.3) is 0 Å². The van der Waals surface area contributed by atoms with Crippen LogP contribution in [-0.2, 0) is 11.3 Å². The van der Waals surface area contributed by atoms with Gasteiger partial charge in [-0.3, -0.25) is 5.32 Å². The van der Waals surface area contributed by atoms with Gasteiger partial charge in [0, 0.05) is 0 Å². The Bertz CT molecular complexity index is 493. The number of ether oxygens (including phenoxy) is 1. The third-order valence-corrected chi connectivity index (χ3v) is 2.20. The van der Waals surface area contributed by atoms with Gasteiger partial charge in [0.25, 0.3) is 0 Å². The van der Waals surface area contributed by atoms with Crippen LogP contribution in [0.5, 0.6) is 0 Å². The Balaban J connectivity index is 1.85. The van der Waals surface area contributed by atoms with Gasteiger partial charge in [0.1, 0.15) is 24.3 Å². The Morgan fingerprint density at radius 3 is 2.82 bits per heavy atom. The maximum Gasteiger partial charge on any atom is 0.412 e. The Morgan fingerprint density at radius 1 is 1.41 bits per heavy atom. The molecular weight excluding hydrogens is 220 g/mol. The van der Waals surface area contributed by atoms with Crippen molar-refractivity contribution in [3.63, 3.8) is 0 Å². The second-order valence-corrected chi connectivity index (χ2v) is 3.50. The molecule has 88 valence electrons. The molecule has 17 heavy (non-hydrogen) atoms. The number of nitrogens with zero attached hydrogens (tertiary/aromatic N) is 1. The van der Waals surface area contributed by atoms with Crippen LogP contribution in [0.3, 0.4) is 0 Å². The second kappa shape index (κ2) is 5.16. The summed E-state index contributed by atoms with van der Waals surface area (Å²) in [5, 5.41) is 6.19. The molecule has 0 fully saturated rings. The summed E-state index contributed by atoms with van der Waals surface area (Å²) >= 11 is 0. The van der Waals surface area contributed by atoms with Crippen molar-refractivity contribution in [2.45, 2.75) is 13.5 Å². The number of hydrogen-bond acceptors (Lipinski definition) is 4. The van der Waals surface area contributed by atoms with Crippen LogP contribution in [-0.4, -0.2) is 11.2 Å². The third-order valence-electron chi connectivity index (χ3n) is 2.20. The van der Waals surface area contributed by atoms with E-state index in [1.807, 2.05) is 30.3 Å². The lowest BCUT2D eigenvalue weighted by Gasteiger charge is -2.05. The maximum atomic E-state index is 11.4. The minimum atomic E-state index is -0.528. The molecule has 0 spiro atoms. The molecule has 0 bridgehead atoms. The van der Waals surface area contributed by atoms with Crippen molar-refractivity contribution in [3.8, 4) is 0 Å². The van der Waals surface area contributed by atoms with Crippen LogP contribution in [0, 0.1) is 6.92 Å². The highest BCUT2D eigenvalue weighted by Gasteiger charge is 2.08. The summed E-state index contributed by atoms with van der Waals surface area (Å²) in [5.41, 5.74) is 2.06. The third kappa shape index (κ3) is 3.07. The van der Waals surface area contributed by atoms with Crippen molar-refractivity contribution in [1.82, 2.24) is 5.16 Å². The lowest BCUT2D eigenvalue weighted by molar-refractivity contribution is 0.155. The quantitative estimate of drug-likeness (QED) is 0.883. The summed E-state index contributed by atoms with van der Waals surface area (Å²) < 4.78 is 9.73. The molecule has 0 atom stereocenters. The van der Waals surface area contributed by atoms with Gasteiger partial charge in [-0.1, -0.05) is 35.5 Å². The fourth-order valence-corrected chi connectivity index (χ4v) is 1.28. The Labute approximate surface area is 98.4 Å². The average molecular weight is 232 g/mol. The molecule has 5 nitrogen and oxygen atoms in total. The number of carbonyl (C=O) groups excluding carboxylic acids is 1. The number of anilines is 1. The number of rotatable bonds is 3. The lowest BCUT2D eigenvalue weighted by atomic mass is 10.2. The van der Waals surface area contributed by atoms with Crippen molar-refractivity contribution in [3.05, 3.63) is 47.9 Å². The van der Waals surface area contributed by atoms with E-state index in [-0.39, 0.29) is 6.61 Å². The Hall–Kier alpha value is -2.30. The molecular formula is C12H12N2O3. The molecule has 2 aromatic rings. The molecule has 0 aliphatic carbocycles. The molecule has 1 amide bonds. The summed E-state index contributed by atoms with van der Waals surface area (Å²) in [6.07, 6.45) is 0.833. The van der Waals surface area contributed by atoms with Gasteiger partial charge in [0.2, 0.25) is 0 Å². The maximum absolute atomic E-state index is 11.4. The van der Waals surface area contributed by atoms with Crippen LogP contribution in [0.15, 0.2) is 41.1 Å². The molecule has 1 N–H and O–H groups in total. The van der Waals surface area contributed by atoms with Gasteiger partial charge >= 0.3 is 6.09 Å². The zero-order chi connectivity index (χ0) is 12.1. The number of hydrogen-bond donors (Lipinski definition) is 1. The first-order chi connectivity index (χ1) is 8.25. The zero-order valence-electron chi connectivity index (χ0n) is 9.34. The summed E-state index contributed by atoms with van der Waals surface area (Å²) in [5.74, 6) is 0. The minimum absolute atomic E-state index is 0.233. The summed E-state index contributed by atoms with van der Waals surface area (Å²) in [6.45, 7) is 1.97. The molecule has 1 aromatic carbocycles. The number of amides is 1. The van der Waals surface area contributed by atoms with Gasteiger partial charge in [-0.15, -0.1) is 0 Å². The van der Waals surface area contributed by atoms with Crippen LogP contribution >= 0.6 is 0 Å². The molecule has 0 saturated heterocycles. The second-order valence-electron chi connectivity index (χ2n) is 3.50. The molecule has 0 aliphatic rings. The number of nitrogens with one attached hydrogen (secondary N) is 1. The van der Waals surface area contributed by atoms with Crippen molar-refractivity contribution < 1.29 is 14.1 Å². The average Bonchev–Trinajstić information content (AvgIpc) is 2.74. The highest BCUT2D eigenvalue weighted by molar-refractivity contribution is 5.84. The first-order valence-electron chi connectivity index (χ1n) is 5.14. The normalized spacial score (nSPS) is 9.94. The monoisotopic (exact) mass is 232 g/mol. The molecule has 0 saturated carbocycles. The topological polar surface area (TPSA) is 64.4 Å². The van der Waals surface area contributed by atoms with Crippen LogP contribution < -0.4 is 5.32 Å². The van der Waals surface area contributed by atoms with E-state index in [0.29, 0.717) is 11.4 Å². The van der Waals surface area contributed by atoms with Crippen LogP contribution in [0.1, 0.15) is 11.3 Å². The molecule has 0 aliphatic heterocycles. The molecule has 1 aromatic heterocycles. The predicted molar refractivity (Wildman–Crippen MR) is 61.5 cm³/mol. The first-order valence-corrected chi connectivity index (χ1v) is 5.14. The highest BCUT2D eigenvalue weighted by atomic mass is 16.5. The van der Waals surface area contributed by atoms with E-state index in [4.69, 9.17) is 4.74 Å². The van der Waals surface area contributed by atoms with Crippen molar-refractivity contribution in [2.75, 3.05) is 5.32 Å². The predicted octanol–water partition coefficient (Wildman–Crippen LogP) is 2.73. The molecule has 2 rings (SSSR count). The molecule has 0 unspecified atom stereocenters. The fourth-order valence-electron chi connectivity index (χ4n) is 1.28. The summed E-state index contributed by atoms with van der Waals surface area (Å²) in [6, 6.07) is 9.46. The van der Waals surface area contributed by atoms with Crippen LogP contribution in [0.4, 0.5) is 10.5 Å². The van der Waals surface area contributed by atoms with Crippen molar-refractivity contribution >= 4 is 11.8 Å². The number of aryl methyl sites for hydroxylation is 1. The first kappa shape index (κ1) is 11.2. The largest absolute Gasteiger partial charge is 0.444 e. The Morgan fingerprint density at radius 2 is 2.18 bits per heavy atom. The lowest BCUT2D eigenvalue weighted by Crippen LogP contribution is -2.13. The standard InChI is InChI=1S/C12H12N2O3/c1-9-11(8-17-14-9)13-12(15)16-7-10-5-3-2-4-6-10/h2-6,8H,7H2,1H3,(H,13,15). The summed E-state index contributed by atoms with van der Waals surface area (Å²) in [7, 11) is 0. The van der Waals surface area contributed by atoms with E-state index in [0.717, 1.165) is 5.56 Å². The van der Waals surface area contributed by atoms with Crippen molar-refractivity contribution in [2.24, 2.45) is 0 Å². The number of aromatic nitrogens is 1. The van der Waals surface area contributed by atoms with Gasteiger partial charge in [-0.05, 0) is 12.5 Å². The van der Waals surface area contributed by atoms with Gasteiger partial charge in [-0.2, -0.15) is 0 Å². The van der Waals surface area contributed by atoms with E-state index >= 15 is 0 Å². The van der Waals surface area contributed by atoms with E-state index in [1.165, 1.54) is 6.26 Å². The number of carbonyl (C=O) groups is 1. The minimum Gasteiger partial charge on any atom is -0.444 e. The Kier molecular flexibility index (Phi) is 3.40. The van der Waals surface area contributed by atoms with Gasteiger partial charge in [0.15, 0.2) is 0 Å². The van der Waals surface area contributed by atoms with E-state index in [1.54, 1.807) is 6.92 Å².